The number of hydrogen-bond donors (Lipinski definition) is 1. The summed E-state index contributed by atoms with van der Waals surface area (Å²) in [5.41, 5.74) is 2.98. The maximum Gasteiger partial charge on any atom is 0.135 e. The summed E-state index contributed by atoms with van der Waals surface area (Å²) in [6, 6.07) is 3.86. The highest BCUT2D eigenvalue weighted by Gasteiger charge is 2.29. The zero-order chi connectivity index (χ0) is 16.0. The second kappa shape index (κ2) is 7.72. The Morgan fingerprint density at radius 3 is 2.57 bits per heavy atom. The van der Waals surface area contributed by atoms with E-state index >= 15 is 0 Å². The second-order valence-electron chi connectivity index (χ2n) is 4.88. The maximum absolute atomic E-state index is 9.73. The Labute approximate surface area is 128 Å². The molecule has 2 rings (SSSR count). The van der Waals surface area contributed by atoms with E-state index in [1.165, 1.54) is 5.56 Å². The summed E-state index contributed by atoms with van der Waals surface area (Å²) in [6.45, 7) is 15.5. The van der Waals surface area contributed by atoms with Crippen LogP contribution in [0.4, 0.5) is 0 Å². The van der Waals surface area contributed by atoms with Crippen molar-refractivity contribution in [1.82, 2.24) is 0 Å². The van der Waals surface area contributed by atoms with Crippen molar-refractivity contribution in [3.63, 3.8) is 0 Å². The van der Waals surface area contributed by atoms with Gasteiger partial charge in [0.05, 0.1) is 5.56 Å². The summed E-state index contributed by atoms with van der Waals surface area (Å²) in [7, 11) is 0. The number of aryl methyl sites for hydroxylation is 1. The fourth-order valence-corrected chi connectivity index (χ4v) is 2.63. The molecule has 2 nitrogen and oxygen atoms in total. The van der Waals surface area contributed by atoms with E-state index in [0.717, 1.165) is 17.7 Å². The third-order valence-corrected chi connectivity index (χ3v) is 3.54. The van der Waals surface area contributed by atoms with E-state index in [1.807, 2.05) is 39.0 Å². The Hall–Kier alpha value is -1.96. The number of aliphatic hydroxyl groups is 1. The summed E-state index contributed by atoms with van der Waals surface area (Å²) in [5.74, 6) is 1.07. The lowest BCUT2D eigenvalue weighted by Gasteiger charge is -2.32. The van der Waals surface area contributed by atoms with Gasteiger partial charge in [0.15, 0.2) is 0 Å². The molecule has 1 aromatic rings. The van der Waals surface area contributed by atoms with Gasteiger partial charge in [-0.15, -0.1) is 0 Å². The van der Waals surface area contributed by atoms with Crippen LogP contribution in [0.3, 0.4) is 0 Å². The highest BCUT2D eigenvalue weighted by atomic mass is 16.5. The highest BCUT2D eigenvalue weighted by molar-refractivity contribution is 5.67. The Morgan fingerprint density at radius 1 is 1.38 bits per heavy atom. The molecular formula is C19H26O2. The van der Waals surface area contributed by atoms with E-state index in [2.05, 4.69) is 32.2 Å². The molecular weight excluding hydrogens is 260 g/mol. The quantitative estimate of drug-likeness (QED) is 0.583. The lowest BCUT2D eigenvalue weighted by atomic mass is 9.85. The SMILES string of the molecule is C=CC1CC(/C=C\C)c2c(C)ccc(C(=C)O)c2O1.CC. The molecule has 114 valence electrons. The van der Waals surface area contributed by atoms with E-state index in [-0.39, 0.29) is 17.8 Å². The first-order valence-electron chi connectivity index (χ1n) is 7.52. The standard InChI is InChI=1S/C17H20O2.C2H6/c1-5-7-13-10-14(6-2)19-17-15(12(4)18)9-8-11(3)16(13)17;1-2/h5-9,13-14,18H,2,4,10H2,1,3H3;1-2H3/b7-5-;. The lowest BCUT2D eigenvalue weighted by molar-refractivity contribution is 0.209. The Kier molecular flexibility index (Phi) is 6.29. The van der Waals surface area contributed by atoms with Crippen molar-refractivity contribution in [2.75, 3.05) is 0 Å². The predicted octanol–water partition coefficient (Wildman–Crippen LogP) is 5.55. The molecule has 0 fully saturated rings. The number of hydrogen-bond acceptors (Lipinski definition) is 2. The first kappa shape index (κ1) is 17.1. The minimum absolute atomic E-state index is 0.0337. The van der Waals surface area contributed by atoms with Crippen LogP contribution in [-0.2, 0) is 0 Å². The smallest absolute Gasteiger partial charge is 0.135 e. The van der Waals surface area contributed by atoms with Gasteiger partial charge < -0.3 is 9.84 Å². The number of benzene rings is 1. The highest BCUT2D eigenvalue weighted by Crippen LogP contribution is 2.43. The molecule has 2 atom stereocenters. The topological polar surface area (TPSA) is 29.5 Å². The lowest BCUT2D eigenvalue weighted by Crippen LogP contribution is -2.24. The van der Waals surface area contributed by atoms with Crippen molar-refractivity contribution in [2.45, 2.75) is 46.1 Å². The molecule has 0 saturated heterocycles. The van der Waals surface area contributed by atoms with Crippen LogP contribution in [-0.4, -0.2) is 11.2 Å². The first-order valence-corrected chi connectivity index (χ1v) is 7.52. The number of fused-ring (bicyclic) bond motifs is 1. The zero-order valence-electron chi connectivity index (χ0n) is 13.5. The van der Waals surface area contributed by atoms with Crippen molar-refractivity contribution in [3.8, 4) is 5.75 Å². The number of allylic oxidation sites excluding steroid dienone is 2. The van der Waals surface area contributed by atoms with Crippen LogP contribution in [0.5, 0.6) is 5.75 Å². The molecule has 1 aliphatic heterocycles. The summed E-state index contributed by atoms with van der Waals surface area (Å²) < 4.78 is 5.96. The van der Waals surface area contributed by atoms with Gasteiger partial charge in [-0.1, -0.05) is 51.3 Å². The molecule has 0 aliphatic carbocycles. The van der Waals surface area contributed by atoms with Gasteiger partial charge in [0.2, 0.25) is 0 Å². The number of rotatable bonds is 3. The van der Waals surface area contributed by atoms with Gasteiger partial charge in [-0.3, -0.25) is 0 Å². The zero-order valence-corrected chi connectivity index (χ0v) is 13.5. The van der Waals surface area contributed by atoms with Gasteiger partial charge in [-0.05, 0) is 31.9 Å². The predicted molar refractivity (Wildman–Crippen MR) is 91.0 cm³/mol. The molecule has 2 unspecified atom stereocenters. The van der Waals surface area contributed by atoms with E-state index in [9.17, 15) is 5.11 Å². The van der Waals surface area contributed by atoms with Crippen LogP contribution in [0.1, 0.15) is 49.8 Å². The van der Waals surface area contributed by atoms with Crippen LogP contribution >= 0.6 is 0 Å². The van der Waals surface area contributed by atoms with E-state index in [0.29, 0.717) is 5.56 Å². The van der Waals surface area contributed by atoms with Gasteiger partial charge in [0.25, 0.3) is 0 Å². The average Bonchev–Trinajstić information content (AvgIpc) is 2.49. The van der Waals surface area contributed by atoms with Crippen molar-refractivity contribution >= 4 is 5.76 Å². The van der Waals surface area contributed by atoms with E-state index < -0.39 is 0 Å². The molecule has 0 saturated carbocycles. The van der Waals surface area contributed by atoms with Crippen LogP contribution in [0, 0.1) is 6.92 Å². The molecule has 2 heteroatoms. The number of aliphatic hydroxyl groups excluding tert-OH is 1. The van der Waals surface area contributed by atoms with Crippen LogP contribution in [0.2, 0.25) is 0 Å². The molecule has 1 aromatic carbocycles. The number of ether oxygens (including phenoxy) is 1. The van der Waals surface area contributed by atoms with Gasteiger partial charge in [0.1, 0.15) is 17.6 Å². The third kappa shape index (κ3) is 3.57. The average molecular weight is 286 g/mol. The first-order chi connectivity index (χ1) is 10.1. The molecule has 1 aliphatic rings. The fourth-order valence-electron chi connectivity index (χ4n) is 2.63. The van der Waals surface area contributed by atoms with Gasteiger partial charge in [-0.2, -0.15) is 0 Å². The molecule has 0 spiro atoms. The van der Waals surface area contributed by atoms with Crippen LogP contribution in [0.15, 0.2) is 43.5 Å². The van der Waals surface area contributed by atoms with E-state index in [1.54, 1.807) is 0 Å². The van der Waals surface area contributed by atoms with Gasteiger partial charge >= 0.3 is 0 Å². The van der Waals surface area contributed by atoms with Crippen molar-refractivity contribution in [3.05, 3.63) is 60.2 Å². The largest absolute Gasteiger partial charge is 0.508 e. The van der Waals surface area contributed by atoms with Gasteiger partial charge in [-0.25, -0.2) is 0 Å². The summed E-state index contributed by atoms with van der Waals surface area (Å²) >= 11 is 0. The minimum Gasteiger partial charge on any atom is -0.508 e. The molecule has 21 heavy (non-hydrogen) atoms. The summed E-state index contributed by atoms with van der Waals surface area (Å²) in [6.07, 6.45) is 6.89. The van der Waals surface area contributed by atoms with E-state index in [4.69, 9.17) is 4.74 Å². The monoisotopic (exact) mass is 286 g/mol. The Morgan fingerprint density at radius 2 is 2.05 bits per heavy atom. The molecule has 1 heterocycles. The molecule has 0 radical (unpaired) electrons. The summed E-state index contributed by atoms with van der Waals surface area (Å²) in [5, 5.41) is 9.73. The van der Waals surface area contributed by atoms with Gasteiger partial charge in [0, 0.05) is 11.5 Å². The Balaban J connectivity index is 0.00000106. The van der Waals surface area contributed by atoms with Crippen molar-refractivity contribution in [1.29, 1.82) is 0 Å². The Bertz CT molecular complexity index is 541. The molecule has 0 aromatic heterocycles. The maximum atomic E-state index is 9.73. The normalized spacial score (nSPS) is 20.0. The van der Waals surface area contributed by atoms with Crippen molar-refractivity contribution < 1.29 is 9.84 Å². The van der Waals surface area contributed by atoms with Crippen LogP contribution in [0.25, 0.3) is 5.76 Å². The molecule has 1 N–H and O–H groups in total. The fraction of sp³-hybridized carbons (Fsp3) is 0.368. The van der Waals surface area contributed by atoms with Crippen molar-refractivity contribution in [2.24, 2.45) is 0 Å². The molecule has 0 bridgehead atoms. The second-order valence-corrected chi connectivity index (χ2v) is 4.88. The summed E-state index contributed by atoms with van der Waals surface area (Å²) in [4.78, 5) is 0. The molecule has 0 amide bonds. The minimum atomic E-state index is -0.0337. The third-order valence-electron chi connectivity index (χ3n) is 3.54. The van der Waals surface area contributed by atoms with Crippen LogP contribution < -0.4 is 4.74 Å².